The topological polar surface area (TPSA) is 80.9 Å². The van der Waals surface area contributed by atoms with Crippen LogP contribution in [-0.4, -0.2) is 44.8 Å². The van der Waals surface area contributed by atoms with Crippen LogP contribution in [0.5, 0.6) is 0 Å². The number of hydrogen-bond donors (Lipinski definition) is 4. The summed E-state index contributed by atoms with van der Waals surface area (Å²) in [5.74, 6) is 0.950. The quantitative estimate of drug-likeness (QED) is 0.477. The molecule has 4 nitrogen and oxygen atoms in total. The fourth-order valence-electron chi connectivity index (χ4n) is 4.62. The lowest BCUT2D eigenvalue weighted by Gasteiger charge is -2.43. The lowest BCUT2D eigenvalue weighted by Crippen LogP contribution is -2.58. The van der Waals surface area contributed by atoms with Gasteiger partial charge in [0.05, 0.1) is 12.2 Å². The zero-order valence-corrected chi connectivity index (χ0v) is 9.94. The molecule has 8 unspecified atom stereocenters. The van der Waals surface area contributed by atoms with Gasteiger partial charge in [0.15, 0.2) is 0 Å². The minimum Gasteiger partial charge on any atom is -0.390 e. The van der Waals surface area contributed by atoms with Crippen molar-refractivity contribution in [3.8, 4) is 0 Å². The normalized spacial score (nSPS) is 58.6. The zero-order chi connectivity index (χ0) is 12.2. The molecule has 0 aliphatic heterocycles. The Morgan fingerprint density at radius 3 is 2.06 bits per heavy atom. The Hall–Kier alpha value is -0.160. The molecule has 0 heterocycles. The highest BCUT2D eigenvalue weighted by Gasteiger charge is 2.56. The molecule has 0 spiro atoms. The number of hydrogen-bond acceptors (Lipinski definition) is 4. The van der Waals surface area contributed by atoms with Gasteiger partial charge in [0.2, 0.25) is 0 Å². The van der Waals surface area contributed by atoms with Crippen molar-refractivity contribution < 1.29 is 20.4 Å². The van der Waals surface area contributed by atoms with Gasteiger partial charge >= 0.3 is 0 Å². The van der Waals surface area contributed by atoms with E-state index >= 15 is 0 Å². The fourth-order valence-corrected chi connectivity index (χ4v) is 4.62. The van der Waals surface area contributed by atoms with Crippen LogP contribution in [0.1, 0.15) is 32.1 Å². The molecule has 0 radical (unpaired) electrons. The van der Waals surface area contributed by atoms with Crippen LogP contribution in [0.2, 0.25) is 0 Å². The second-order valence-electron chi connectivity index (χ2n) is 6.15. The molecular weight excluding hydrogens is 220 g/mol. The van der Waals surface area contributed by atoms with Crippen LogP contribution in [-0.2, 0) is 0 Å². The Morgan fingerprint density at radius 2 is 1.29 bits per heavy atom. The van der Waals surface area contributed by atoms with Crippen molar-refractivity contribution in [3.05, 3.63) is 0 Å². The van der Waals surface area contributed by atoms with E-state index in [2.05, 4.69) is 0 Å². The van der Waals surface area contributed by atoms with E-state index < -0.39 is 24.4 Å². The molecule has 0 aromatic rings. The number of aliphatic hydroxyl groups excluding tert-OH is 4. The third-order valence-electron chi connectivity index (χ3n) is 5.41. The average Bonchev–Trinajstić information content (AvgIpc) is 2.73. The Kier molecular flexibility index (Phi) is 2.94. The van der Waals surface area contributed by atoms with E-state index in [1.165, 1.54) is 19.3 Å². The van der Waals surface area contributed by atoms with Gasteiger partial charge in [-0.05, 0) is 36.5 Å². The van der Waals surface area contributed by atoms with Gasteiger partial charge in [-0.25, -0.2) is 0 Å². The largest absolute Gasteiger partial charge is 0.390 e. The molecule has 17 heavy (non-hydrogen) atoms. The third-order valence-corrected chi connectivity index (χ3v) is 5.41. The second-order valence-corrected chi connectivity index (χ2v) is 6.15. The first kappa shape index (κ1) is 11.9. The standard InChI is InChI=1S/C13H22O4/c14-10-8-5-6-3-1-2-4-7(6)9(8)11(15)13(17)12(10)16/h6-17H,1-5H2. The summed E-state index contributed by atoms with van der Waals surface area (Å²) in [6.45, 7) is 0. The maximum absolute atomic E-state index is 10.2. The molecule has 3 saturated carbocycles. The Balaban J connectivity index is 1.87. The van der Waals surface area contributed by atoms with Crippen molar-refractivity contribution in [1.29, 1.82) is 0 Å². The van der Waals surface area contributed by atoms with Crippen LogP contribution in [0.3, 0.4) is 0 Å². The van der Waals surface area contributed by atoms with Gasteiger partial charge < -0.3 is 20.4 Å². The second kappa shape index (κ2) is 4.19. The van der Waals surface area contributed by atoms with E-state index in [9.17, 15) is 20.4 Å². The molecule has 0 saturated heterocycles. The number of aliphatic hydroxyl groups is 4. The van der Waals surface area contributed by atoms with Crippen LogP contribution >= 0.6 is 0 Å². The van der Waals surface area contributed by atoms with Gasteiger partial charge in [0.1, 0.15) is 12.2 Å². The molecule has 8 atom stereocenters. The molecule has 0 aromatic heterocycles. The van der Waals surface area contributed by atoms with Crippen molar-refractivity contribution >= 4 is 0 Å². The van der Waals surface area contributed by atoms with Gasteiger partial charge in [-0.3, -0.25) is 0 Å². The first-order valence-corrected chi connectivity index (χ1v) is 6.83. The van der Waals surface area contributed by atoms with Crippen LogP contribution in [0, 0.1) is 23.7 Å². The highest BCUT2D eigenvalue weighted by molar-refractivity contribution is 5.06. The smallest absolute Gasteiger partial charge is 0.109 e. The predicted molar refractivity (Wildman–Crippen MR) is 61.1 cm³/mol. The van der Waals surface area contributed by atoms with Gasteiger partial charge in [0, 0.05) is 0 Å². The number of rotatable bonds is 0. The maximum atomic E-state index is 10.2. The molecule has 3 aliphatic carbocycles. The fraction of sp³-hybridized carbons (Fsp3) is 1.00. The molecule has 98 valence electrons. The highest BCUT2D eigenvalue weighted by atomic mass is 16.4. The van der Waals surface area contributed by atoms with Gasteiger partial charge in [-0.2, -0.15) is 0 Å². The van der Waals surface area contributed by atoms with Crippen LogP contribution in [0.4, 0.5) is 0 Å². The summed E-state index contributed by atoms with van der Waals surface area (Å²) in [4.78, 5) is 0. The van der Waals surface area contributed by atoms with Crippen molar-refractivity contribution in [2.45, 2.75) is 56.5 Å². The molecule has 0 bridgehead atoms. The SMILES string of the molecule is OC1C(O)C(O)C2C3CCCCC3CC2C1O. The van der Waals surface area contributed by atoms with E-state index in [0.717, 1.165) is 12.8 Å². The lowest BCUT2D eigenvalue weighted by atomic mass is 9.69. The highest BCUT2D eigenvalue weighted by Crippen LogP contribution is 2.54. The summed E-state index contributed by atoms with van der Waals surface area (Å²) in [6.07, 6.45) is 1.47. The summed E-state index contributed by atoms with van der Waals surface area (Å²) in [7, 11) is 0. The van der Waals surface area contributed by atoms with E-state index in [0.29, 0.717) is 11.8 Å². The van der Waals surface area contributed by atoms with Crippen molar-refractivity contribution in [1.82, 2.24) is 0 Å². The Morgan fingerprint density at radius 1 is 0.647 bits per heavy atom. The first-order valence-electron chi connectivity index (χ1n) is 6.83. The lowest BCUT2D eigenvalue weighted by molar-refractivity contribution is -0.183. The number of fused-ring (bicyclic) bond motifs is 3. The van der Waals surface area contributed by atoms with Gasteiger partial charge in [-0.1, -0.05) is 19.3 Å². The van der Waals surface area contributed by atoms with Gasteiger partial charge in [-0.15, -0.1) is 0 Å². The average molecular weight is 242 g/mol. The Bertz CT molecular complexity index is 295. The summed E-state index contributed by atoms with van der Waals surface area (Å²) in [6, 6.07) is 0. The molecule has 4 heteroatoms. The summed E-state index contributed by atoms with van der Waals surface area (Å²) in [5.41, 5.74) is 0. The monoisotopic (exact) mass is 242 g/mol. The van der Waals surface area contributed by atoms with Gasteiger partial charge in [0.25, 0.3) is 0 Å². The molecule has 3 rings (SSSR count). The van der Waals surface area contributed by atoms with Crippen molar-refractivity contribution in [3.63, 3.8) is 0 Å². The van der Waals surface area contributed by atoms with Crippen molar-refractivity contribution in [2.24, 2.45) is 23.7 Å². The zero-order valence-electron chi connectivity index (χ0n) is 9.94. The molecule has 3 fully saturated rings. The van der Waals surface area contributed by atoms with Crippen molar-refractivity contribution in [2.75, 3.05) is 0 Å². The van der Waals surface area contributed by atoms with E-state index in [1.54, 1.807) is 0 Å². The maximum Gasteiger partial charge on any atom is 0.109 e. The van der Waals surface area contributed by atoms with E-state index in [1.807, 2.05) is 0 Å². The minimum atomic E-state index is -1.19. The molecule has 0 amide bonds. The van der Waals surface area contributed by atoms with E-state index in [-0.39, 0.29) is 11.8 Å². The molecule has 3 aliphatic rings. The summed E-state index contributed by atoms with van der Waals surface area (Å²) < 4.78 is 0. The predicted octanol–water partition coefficient (Wildman–Crippen LogP) is -0.114. The summed E-state index contributed by atoms with van der Waals surface area (Å²) in [5, 5.41) is 39.7. The van der Waals surface area contributed by atoms with Crippen LogP contribution in [0.15, 0.2) is 0 Å². The minimum absolute atomic E-state index is 0.0197. The molecular formula is C13H22O4. The molecule has 0 aromatic carbocycles. The molecule has 4 N–H and O–H groups in total. The third kappa shape index (κ3) is 1.65. The summed E-state index contributed by atoms with van der Waals surface area (Å²) >= 11 is 0. The first-order chi connectivity index (χ1) is 8.11. The van der Waals surface area contributed by atoms with Crippen LogP contribution in [0.25, 0.3) is 0 Å². The Labute approximate surface area is 101 Å². The van der Waals surface area contributed by atoms with E-state index in [4.69, 9.17) is 0 Å². The van der Waals surface area contributed by atoms with Crippen LogP contribution < -0.4 is 0 Å².